The van der Waals surface area contributed by atoms with Gasteiger partial charge in [0.1, 0.15) is 0 Å². The molecule has 19 heavy (non-hydrogen) atoms. The molecule has 0 unspecified atom stereocenters. The average molecular weight is 371 g/mol. The second-order valence-corrected chi connectivity index (χ2v) is 7.19. The molecule has 0 aromatic heterocycles. The van der Waals surface area contributed by atoms with E-state index in [9.17, 15) is 8.42 Å². The molecule has 3 N–H and O–H groups in total. The minimum absolute atomic E-state index is 0.364. The van der Waals surface area contributed by atoms with Gasteiger partial charge in [0.25, 0.3) is 0 Å². The number of nitrogens with zero attached hydrogens (tertiary/aromatic N) is 1. The van der Waals surface area contributed by atoms with Crippen LogP contribution in [0.5, 0.6) is 0 Å². The van der Waals surface area contributed by atoms with Crippen molar-refractivity contribution < 1.29 is 8.42 Å². The molecule has 0 heterocycles. The van der Waals surface area contributed by atoms with Gasteiger partial charge in [-0.05, 0) is 53.5 Å². The van der Waals surface area contributed by atoms with Gasteiger partial charge in [-0.2, -0.15) is 12.7 Å². The molecule has 0 amide bonds. The summed E-state index contributed by atoms with van der Waals surface area (Å²) < 4.78 is 28.5. The summed E-state index contributed by atoms with van der Waals surface area (Å²) in [5.41, 5.74) is 6.65. The molecule has 0 fully saturated rings. The first-order valence-electron chi connectivity index (χ1n) is 5.67. The largest absolute Gasteiger partial charge is 0.330 e. The molecule has 1 aromatic rings. The normalized spacial score (nSPS) is 11.9. The molecule has 1 rings (SSSR count). The van der Waals surface area contributed by atoms with Crippen molar-refractivity contribution in [2.24, 2.45) is 5.73 Å². The molecule has 0 saturated carbocycles. The van der Waals surface area contributed by atoms with E-state index >= 15 is 0 Å². The van der Waals surface area contributed by atoms with Crippen molar-refractivity contribution in [2.45, 2.75) is 13.3 Å². The van der Waals surface area contributed by atoms with Crippen molar-refractivity contribution in [1.82, 2.24) is 4.31 Å². The first-order chi connectivity index (χ1) is 8.77. The highest BCUT2D eigenvalue weighted by molar-refractivity contribution is 9.10. The number of benzene rings is 1. The Morgan fingerprint density at radius 1 is 1.47 bits per heavy atom. The van der Waals surface area contributed by atoms with E-state index in [-0.39, 0.29) is 0 Å². The van der Waals surface area contributed by atoms with Crippen LogP contribution in [0, 0.1) is 6.92 Å². The lowest BCUT2D eigenvalue weighted by atomic mass is 10.2. The fraction of sp³-hybridized carbons (Fsp3) is 0.455. The number of hydrogen-bond donors (Lipinski definition) is 2. The van der Waals surface area contributed by atoms with Crippen molar-refractivity contribution in [3.05, 3.63) is 27.2 Å². The predicted octanol–water partition coefficient (Wildman–Crippen LogP) is 2.35. The number of rotatable bonds is 6. The molecule has 0 atom stereocenters. The highest BCUT2D eigenvalue weighted by Gasteiger charge is 2.18. The first-order valence-corrected chi connectivity index (χ1v) is 8.29. The maximum absolute atomic E-state index is 12.1. The standard InChI is InChI=1S/C11H17BrClN3O2S/c1-8-6-9(12)11(7-10(8)13)15-19(17,18)16(2)5-3-4-14/h6-7,15H,3-5,14H2,1-2H3. The summed E-state index contributed by atoms with van der Waals surface area (Å²) in [7, 11) is -2.10. The van der Waals surface area contributed by atoms with Gasteiger partial charge in [0, 0.05) is 23.1 Å². The topological polar surface area (TPSA) is 75.4 Å². The molecule has 0 aliphatic rings. The Morgan fingerprint density at radius 2 is 2.11 bits per heavy atom. The zero-order chi connectivity index (χ0) is 14.6. The lowest BCUT2D eigenvalue weighted by molar-refractivity contribution is 0.468. The molecule has 0 aliphatic heterocycles. The van der Waals surface area contributed by atoms with Crippen LogP contribution in [0.4, 0.5) is 5.69 Å². The van der Waals surface area contributed by atoms with Crippen LogP contribution < -0.4 is 10.5 Å². The quantitative estimate of drug-likeness (QED) is 0.807. The third-order valence-corrected chi connectivity index (χ3v) is 5.12. The third-order valence-electron chi connectivity index (χ3n) is 2.57. The van der Waals surface area contributed by atoms with E-state index in [1.807, 2.05) is 6.92 Å². The number of anilines is 1. The van der Waals surface area contributed by atoms with E-state index in [0.717, 1.165) is 5.56 Å². The SMILES string of the molecule is Cc1cc(Br)c(NS(=O)(=O)N(C)CCCN)cc1Cl. The van der Waals surface area contributed by atoms with Gasteiger partial charge in [0.2, 0.25) is 0 Å². The van der Waals surface area contributed by atoms with Crippen LogP contribution in [-0.4, -0.2) is 32.9 Å². The molecule has 8 heteroatoms. The maximum atomic E-state index is 12.1. The van der Waals surface area contributed by atoms with Crippen LogP contribution in [0.2, 0.25) is 5.02 Å². The second-order valence-electron chi connectivity index (χ2n) is 4.15. The van der Waals surface area contributed by atoms with Gasteiger partial charge in [0.05, 0.1) is 5.69 Å². The smallest absolute Gasteiger partial charge is 0.301 e. The summed E-state index contributed by atoms with van der Waals surface area (Å²) in [6.07, 6.45) is 0.604. The zero-order valence-electron chi connectivity index (χ0n) is 10.8. The van der Waals surface area contributed by atoms with Crippen LogP contribution in [0.25, 0.3) is 0 Å². The number of nitrogens with one attached hydrogen (secondary N) is 1. The molecule has 0 spiro atoms. The lowest BCUT2D eigenvalue weighted by Crippen LogP contribution is -2.34. The van der Waals surface area contributed by atoms with Gasteiger partial charge in [-0.1, -0.05) is 11.6 Å². The summed E-state index contributed by atoms with van der Waals surface area (Å²) in [6, 6.07) is 3.34. The van der Waals surface area contributed by atoms with Gasteiger partial charge >= 0.3 is 10.2 Å². The molecule has 1 aromatic carbocycles. The molecular weight excluding hydrogens is 354 g/mol. The highest BCUT2D eigenvalue weighted by Crippen LogP contribution is 2.30. The Labute approximate surface area is 127 Å². The zero-order valence-corrected chi connectivity index (χ0v) is 13.9. The fourth-order valence-electron chi connectivity index (χ4n) is 1.38. The number of aryl methyl sites for hydroxylation is 1. The predicted molar refractivity (Wildman–Crippen MR) is 82.7 cm³/mol. The summed E-state index contributed by atoms with van der Waals surface area (Å²) in [6.45, 7) is 2.65. The van der Waals surface area contributed by atoms with Crippen LogP contribution in [0.1, 0.15) is 12.0 Å². The number of hydrogen-bond acceptors (Lipinski definition) is 3. The monoisotopic (exact) mass is 369 g/mol. The van der Waals surface area contributed by atoms with Crippen LogP contribution in [0.15, 0.2) is 16.6 Å². The third kappa shape index (κ3) is 4.61. The fourth-order valence-corrected chi connectivity index (χ4v) is 3.20. The molecule has 0 aliphatic carbocycles. The van der Waals surface area contributed by atoms with Crippen molar-refractivity contribution in [3.63, 3.8) is 0 Å². The van der Waals surface area contributed by atoms with Crippen molar-refractivity contribution in [3.8, 4) is 0 Å². The van der Waals surface area contributed by atoms with E-state index in [0.29, 0.717) is 34.7 Å². The van der Waals surface area contributed by atoms with Gasteiger partial charge in [0.15, 0.2) is 0 Å². The van der Waals surface area contributed by atoms with Crippen LogP contribution >= 0.6 is 27.5 Å². The highest BCUT2D eigenvalue weighted by atomic mass is 79.9. The second kappa shape index (κ2) is 6.90. The van der Waals surface area contributed by atoms with E-state index in [1.54, 1.807) is 12.1 Å². The minimum atomic E-state index is -3.60. The van der Waals surface area contributed by atoms with E-state index in [1.165, 1.54) is 11.4 Å². The lowest BCUT2D eigenvalue weighted by Gasteiger charge is -2.19. The number of nitrogens with two attached hydrogens (primary N) is 1. The summed E-state index contributed by atoms with van der Waals surface area (Å²) in [4.78, 5) is 0. The Kier molecular flexibility index (Phi) is 6.07. The average Bonchev–Trinajstić information content (AvgIpc) is 2.32. The van der Waals surface area contributed by atoms with Crippen LogP contribution in [-0.2, 0) is 10.2 Å². The van der Waals surface area contributed by atoms with Gasteiger partial charge in [-0.15, -0.1) is 0 Å². The van der Waals surface area contributed by atoms with Crippen LogP contribution in [0.3, 0.4) is 0 Å². The Morgan fingerprint density at radius 3 is 2.68 bits per heavy atom. The Balaban J connectivity index is 2.92. The Hall–Kier alpha value is -0.340. The van der Waals surface area contributed by atoms with Crippen molar-refractivity contribution >= 4 is 43.4 Å². The maximum Gasteiger partial charge on any atom is 0.301 e. The minimum Gasteiger partial charge on any atom is -0.330 e. The Bertz CT molecular complexity index is 551. The number of halogens is 2. The van der Waals surface area contributed by atoms with E-state index in [4.69, 9.17) is 17.3 Å². The summed E-state index contributed by atoms with van der Waals surface area (Å²) >= 11 is 9.30. The first kappa shape index (κ1) is 16.7. The van der Waals surface area contributed by atoms with E-state index < -0.39 is 10.2 Å². The summed E-state index contributed by atoms with van der Waals surface area (Å²) in [5, 5.41) is 0.505. The van der Waals surface area contributed by atoms with Gasteiger partial charge in [-0.25, -0.2) is 0 Å². The molecule has 0 saturated heterocycles. The van der Waals surface area contributed by atoms with Gasteiger partial charge < -0.3 is 5.73 Å². The van der Waals surface area contributed by atoms with Crippen molar-refractivity contribution in [1.29, 1.82) is 0 Å². The van der Waals surface area contributed by atoms with E-state index in [2.05, 4.69) is 20.7 Å². The van der Waals surface area contributed by atoms with Gasteiger partial charge in [-0.3, -0.25) is 4.72 Å². The molecular formula is C11H17BrClN3O2S. The van der Waals surface area contributed by atoms with Crippen molar-refractivity contribution in [2.75, 3.05) is 24.9 Å². The molecule has 0 bridgehead atoms. The molecule has 108 valence electrons. The molecule has 0 radical (unpaired) electrons. The molecule has 5 nitrogen and oxygen atoms in total. The summed E-state index contributed by atoms with van der Waals surface area (Å²) in [5.74, 6) is 0.